The van der Waals surface area contributed by atoms with Gasteiger partial charge in [0.25, 0.3) is 0 Å². The number of nitrogens with zero attached hydrogens (tertiary/aromatic N) is 1. The Morgan fingerprint density at radius 1 is 1.07 bits per heavy atom. The molecule has 0 saturated heterocycles. The molecule has 2 heteroatoms. The van der Waals surface area contributed by atoms with Gasteiger partial charge in [0, 0.05) is 5.92 Å². The first-order valence-corrected chi connectivity index (χ1v) is 6.30. The van der Waals surface area contributed by atoms with Crippen LogP contribution in [0.25, 0.3) is 10.2 Å². The molecule has 1 aromatic carbocycles. The lowest BCUT2D eigenvalue weighted by Crippen LogP contribution is -1.89. The van der Waals surface area contributed by atoms with Crippen molar-refractivity contribution >= 4 is 21.6 Å². The summed E-state index contributed by atoms with van der Waals surface area (Å²) in [5.41, 5.74) is 2.58. The first kappa shape index (κ1) is 10.6. The summed E-state index contributed by atoms with van der Waals surface area (Å²) in [5, 5.41) is 1.25. The predicted molar refractivity (Wildman–Crippen MR) is 67.8 cm³/mol. The van der Waals surface area contributed by atoms with Crippen LogP contribution in [0.2, 0.25) is 0 Å². The van der Waals surface area contributed by atoms with Crippen LogP contribution in [0.15, 0.2) is 18.2 Å². The van der Waals surface area contributed by atoms with E-state index in [4.69, 9.17) is 4.98 Å². The average molecular weight is 219 g/mol. The Bertz CT molecular complexity index is 468. The molecule has 0 bridgehead atoms. The minimum Gasteiger partial charge on any atom is -0.241 e. The molecule has 0 amide bonds. The second-order valence-corrected chi connectivity index (χ2v) is 5.62. The lowest BCUT2D eigenvalue weighted by Gasteiger charge is -2.04. The van der Waals surface area contributed by atoms with Crippen LogP contribution in [0.5, 0.6) is 0 Å². The van der Waals surface area contributed by atoms with Gasteiger partial charge in [-0.15, -0.1) is 11.3 Å². The summed E-state index contributed by atoms with van der Waals surface area (Å²) >= 11 is 1.83. The Labute approximate surface area is 95.2 Å². The number of hydrogen-bond donors (Lipinski definition) is 0. The molecule has 80 valence electrons. The van der Waals surface area contributed by atoms with E-state index in [0.717, 1.165) is 0 Å². The summed E-state index contributed by atoms with van der Waals surface area (Å²) in [6, 6.07) is 6.50. The van der Waals surface area contributed by atoms with Crippen molar-refractivity contribution in [2.45, 2.75) is 39.5 Å². The van der Waals surface area contributed by atoms with E-state index in [0.29, 0.717) is 11.8 Å². The van der Waals surface area contributed by atoms with Crippen LogP contribution in [0.4, 0.5) is 0 Å². The van der Waals surface area contributed by atoms with Crippen molar-refractivity contribution in [1.29, 1.82) is 0 Å². The second kappa shape index (κ2) is 3.93. The van der Waals surface area contributed by atoms with Gasteiger partial charge in [-0.2, -0.15) is 0 Å². The minimum atomic E-state index is 0.530. The van der Waals surface area contributed by atoms with Gasteiger partial charge < -0.3 is 0 Å². The summed E-state index contributed by atoms with van der Waals surface area (Å²) in [6.07, 6.45) is 0. The fourth-order valence-corrected chi connectivity index (χ4v) is 2.70. The Kier molecular flexibility index (Phi) is 2.79. The molecule has 0 unspecified atom stereocenters. The first-order valence-electron chi connectivity index (χ1n) is 5.49. The van der Waals surface area contributed by atoms with Crippen molar-refractivity contribution in [2.75, 3.05) is 0 Å². The molecule has 0 aliphatic rings. The zero-order chi connectivity index (χ0) is 11.0. The van der Waals surface area contributed by atoms with Crippen LogP contribution in [0.3, 0.4) is 0 Å². The monoisotopic (exact) mass is 219 g/mol. The quantitative estimate of drug-likeness (QED) is 0.722. The highest BCUT2D eigenvalue weighted by atomic mass is 32.1. The average Bonchev–Trinajstić information content (AvgIpc) is 2.60. The third-order valence-electron chi connectivity index (χ3n) is 2.58. The molecule has 1 aromatic heterocycles. The maximum Gasteiger partial charge on any atom is 0.0964 e. The first-order chi connectivity index (χ1) is 7.09. The van der Waals surface area contributed by atoms with E-state index in [-0.39, 0.29) is 0 Å². The summed E-state index contributed by atoms with van der Waals surface area (Å²) in [5.74, 6) is 1.08. The van der Waals surface area contributed by atoms with Gasteiger partial charge in [0.15, 0.2) is 0 Å². The third kappa shape index (κ3) is 1.91. The lowest BCUT2D eigenvalue weighted by molar-refractivity contribution is 0.847. The molecule has 0 saturated carbocycles. The molecule has 0 aliphatic heterocycles. The molecule has 2 rings (SSSR count). The predicted octanol–water partition coefficient (Wildman–Crippen LogP) is 4.54. The van der Waals surface area contributed by atoms with E-state index >= 15 is 0 Å². The van der Waals surface area contributed by atoms with Crippen molar-refractivity contribution in [3.63, 3.8) is 0 Å². The van der Waals surface area contributed by atoms with E-state index in [9.17, 15) is 0 Å². The van der Waals surface area contributed by atoms with E-state index < -0.39 is 0 Å². The molecule has 0 N–H and O–H groups in total. The molecule has 0 radical (unpaired) electrons. The summed E-state index contributed by atoms with van der Waals surface area (Å²) in [7, 11) is 0. The van der Waals surface area contributed by atoms with Crippen LogP contribution >= 0.6 is 11.3 Å². The number of hydrogen-bond acceptors (Lipinski definition) is 2. The molecule has 0 atom stereocenters. The van der Waals surface area contributed by atoms with E-state index in [2.05, 4.69) is 45.9 Å². The smallest absolute Gasteiger partial charge is 0.0964 e. The highest BCUT2D eigenvalue weighted by molar-refractivity contribution is 7.18. The standard InChI is InChI=1S/C13H17NS/c1-8(2)10-6-5-7-11-12(10)14-13(15-11)9(3)4/h5-9H,1-4H3. The maximum absolute atomic E-state index is 4.75. The van der Waals surface area contributed by atoms with Gasteiger partial charge in [0.2, 0.25) is 0 Å². The largest absolute Gasteiger partial charge is 0.241 e. The Hall–Kier alpha value is -0.890. The molecule has 1 heterocycles. The molecule has 0 aliphatic carbocycles. The highest BCUT2D eigenvalue weighted by Crippen LogP contribution is 2.31. The van der Waals surface area contributed by atoms with Crippen molar-refractivity contribution in [3.8, 4) is 0 Å². The number of benzene rings is 1. The van der Waals surface area contributed by atoms with Gasteiger partial charge in [0.1, 0.15) is 0 Å². The zero-order valence-corrected chi connectivity index (χ0v) is 10.6. The van der Waals surface area contributed by atoms with Crippen LogP contribution in [-0.4, -0.2) is 4.98 Å². The molecule has 0 spiro atoms. The van der Waals surface area contributed by atoms with Gasteiger partial charge in [0.05, 0.1) is 15.2 Å². The Balaban J connectivity index is 2.64. The fourth-order valence-electron chi connectivity index (χ4n) is 1.70. The van der Waals surface area contributed by atoms with Crippen LogP contribution in [0, 0.1) is 0 Å². The maximum atomic E-state index is 4.75. The molecule has 0 fully saturated rings. The summed E-state index contributed by atoms with van der Waals surface area (Å²) < 4.78 is 1.32. The number of para-hydroxylation sites is 1. The Morgan fingerprint density at radius 2 is 1.80 bits per heavy atom. The van der Waals surface area contributed by atoms with Crippen LogP contribution in [0.1, 0.15) is 50.1 Å². The zero-order valence-electron chi connectivity index (χ0n) is 9.74. The van der Waals surface area contributed by atoms with Crippen molar-refractivity contribution in [1.82, 2.24) is 4.98 Å². The number of rotatable bonds is 2. The molecule has 1 nitrogen and oxygen atoms in total. The Morgan fingerprint density at radius 3 is 2.40 bits per heavy atom. The number of fused-ring (bicyclic) bond motifs is 1. The van der Waals surface area contributed by atoms with Gasteiger partial charge in [-0.3, -0.25) is 0 Å². The van der Waals surface area contributed by atoms with E-state index in [1.54, 1.807) is 0 Å². The van der Waals surface area contributed by atoms with Crippen molar-refractivity contribution in [3.05, 3.63) is 28.8 Å². The van der Waals surface area contributed by atoms with Gasteiger partial charge in [-0.1, -0.05) is 39.8 Å². The normalized spacial score (nSPS) is 11.9. The van der Waals surface area contributed by atoms with Gasteiger partial charge >= 0.3 is 0 Å². The van der Waals surface area contributed by atoms with Crippen LogP contribution < -0.4 is 0 Å². The van der Waals surface area contributed by atoms with Crippen molar-refractivity contribution in [2.24, 2.45) is 0 Å². The minimum absolute atomic E-state index is 0.530. The molecular weight excluding hydrogens is 202 g/mol. The van der Waals surface area contributed by atoms with Crippen molar-refractivity contribution < 1.29 is 0 Å². The van der Waals surface area contributed by atoms with Crippen LogP contribution in [-0.2, 0) is 0 Å². The summed E-state index contributed by atoms with van der Waals surface area (Å²) in [4.78, 5) is 4.75. The SMILES string of the molecule is CC(C)c1nc2c(C(C)C)cccc2s1. The summed E-state index contributed by atoms with van der Waals surface area (Å²) in [6.45, 7) is 8.85. The number of aromatic nitrogens is 1. The van der Waals surface area contributed by atoms with Gasteiger partial charge in [-0.25, -0.2) is 4.98 Å². The molecular formula is C13H17NS. The lowest BCUT2D eigenvalue weighted by atomic mass is 10.0. The third-order valence-corrected chi connectivity index (χ3v) is 3.90. The topological polar surface area (TPSA) is 12.9 Å². The second-order valence-electron chi connectivity index (χ2n) is 4.56. The van der Waals surface area contributed by atoms with Gasteiger partial charge in [-0.05, 0) is 17.5 Å². The molecule has 2 aromatic rings. The number of thiazole rings is 1. The fraction of sp³-hybridized carbons (Fsp3) is 0.462. The highest BCUT2D eigenvalue weighted by Gasteiger charge is 2.11. The van der Waals surface area contributed by atoms with E-state index in [1.165, 1.54) is 20.8 Å². The van der Waals surface area contributed by atoms with E-state index in [1.807, 2.05) is 11.3 Å². The molecule has 15 heavy (non-hydrogen) atoms.